The monoisotopic (exact) mass is 590 g/mol. The summed E-state index contributed by atoms with van der Waals surface area (Å²) in [4.78, 5) is 2.30. The lowest BCUT2D eigenvalue weighted by atomic mass is 9.95. The molecule has 2 nitrogen and oxygen atoms in total. The molecule has 0 unspecified atom stereocenters. The summed E-state index contributed by atoms with van der Waals surface area (Å²) in [6.45, 7) is 0. The van der Waals surface area contributed by atoms with Gasteiger partial charge in [-0.3, -0.25) is 0 Å². The standard InChI is InChI=1S/C44H34N2/c1-6-16-35(17-7-1)42(36-18-8-2-9-19-36)32-34-26-28-37(29-27-34)43-33-41(30-31-44(43)45-38-20-10-3-11-21-38)46(39-22-12-4-13-23-39)40-24-14-5-15-25-40/h1-33,45H. The second kappa shape index (κ2) is 13.7. The Morgan fingerprint density at radius 2 is 0.913 bits per heavy atom. The number of para-hydroxylation sites is 3. The zero-order valence-corrected chi connectivity index (χ0v) is 25.5. The van der Waals surface area contributed by atoms with Crippen molar-refractivity contribution in [2.24, 2.45) is 0 Å². The van der Waals surface area contributed by atoms with Crippen molar-refractivity contribution >= 4 is 40.1 Å². The Morgan fingerprint density at radius 3 is 1.43 bits per heavy atom. The van der Waals surface area contributed by atoms with E-state index in [2.05, 4.69) is 204 Å². The van der Waals surface area contributed by atoms with Crippen molar-refractivity contribution < 1.29 is 0 Å². The molecule has 0 amide bonds. The molecule has 0 aliphatic rings. The molecule has 0 fully saturated rings. The third-order valence-corrected chi connectivity index (χ3v) is 8.05. The fourth-order valence-corrected chi connectivity index (χ4v) is 5.79. The maximum absolute atomic E-state index is 3.68. The Balaban J connectivity index is 1.32. The topological polar surface area (TPSA) is 15.3 Å². The smallest absolute Gasteiger partial charge is 0.0469 e. The van der Waals surface area contributed by atoms with Crippen LogP contribution in [0.25, 0.3) is 22.8 Å². The van der Waals surface area contributed by atoms with Gasteiger partial charge in [0.1, 0.15) is 0 Å². The Kier molecular flexibility index (Phi) is 8.51. The van der Waals surface area contributed by atoms with E-state index in [-0.39, 0.29) is 0 Å². The SMILES string of the molecule is C(=C(c1ccccc1)c1ccccc1)c1ccc(-c2cc(N(c3ccccc3)c3ccccc3)ccc2Nc2ccccc2)cc1. The van der Waals surface area contributed by atoms with Gasteiger partial charge in [0.2, 0.25) is 0 Å². The highest BCUT2D eigenvalue weighted by atomic mass is 15.1. The minimum atomic E-state index is 1.05. The first kappa shape index (κ1) is 28.6. The van der Waals surface area contributed by atoms with Crippen LogP contribution in [0, 0.1) is 0 Å². The number of rotatable bonds is 9. The molecule has 46 heavy (non-hydrogen) atoms. The average molecular weight is 591 g/mol. The van der Waals surface area contributed by atoms with Crippen LogP contribution in [0.1, 0.15) is 16.7 Å². The van der Waals surface area contributed by atoms with Gasteiger partial charge in [-0.1, -0.05) is 140 Å². The normalized spacial score (nSPS) is 10.6. The predicted molar refractivity (Wildman–Crippen MR) is 196 cm³/mol. The molecule has 0 aliphatic heterocycles. The highest BCUT2D eigenvalue weighted by Gasteiger charge is 2.15. The highest BCUT2D eigenvalue weighted by molar-refractivity contribution is 5.92. The van der Waals surface area contributed by atoms with Crippen LogP contribution < -0.4 is 10.2 Å². The van der Waals surface area contributed by atoms with Crippen LogP contribution in [0.15, 0.2) is 194 Å². The van der Waals surface area contributed by atoms with Crippen LogP contribution >= 0.6 is 0 Å². The molecule has 0 spiro atoms. The van der Waals surface area contributed by atoms with E-state index in [1.165, 1.54) is 16.7 Å². The number of hydrogen-bond acceptors (Lipinski definition) is 2. The second-order valence-corrected chi connectivity index (χ2v) is 11.1. The fourth-order valence-electron chi connectivity index (χ4n) is 5.79. The minimum Gasteiger partial charge on any atom is -0.355 e. The molecule has 0 aromatic heterocycles. The number of benzene rings is 7. The quantitative estimate of drug-likeness (QED) is 0.168. The van der Waals surface area contributed by atoms with Gasteiger partial charge < -0.3 is 10.2 Å². The summed E-state index contributed by atoms with van der Waals surface area (Å²) in [6.07, 6.45) is 2.28. The summed E-state index contributed by atoms with van der Waals surface area (Å²) in [6, 6.07) is 68.2. The van der Waals surface area contributed by atoms with Gasteiger partial charge in [-0.2, -0.15) is 0 Å². The maximum Gasteiger partial charge on any atom is 0.0469 e. The first-order chi connectivity index (χ1) is 22.8. The van der Waals surface area contributed by atoms with Gasteiger partial charge in [-0.15, -0.1) is 0 Å². The molecule has 7 aromatic carbocycles. The highest BCUT2D eigenvalue weighted by Crippen LogP contribution is 2.40. The van der Waals surface area contributed by atoms with Crippen molar-refractivity contribution in [1.29, 1.82) is 0 Å². The molecular weight excluding hydrogens is 556 g/mol. The Morgan fingerprint density at radius 1 is 0.435 bits per heavy atom. The van der Waals surface area contributed by atoms with E-state index >= 15 is 0 Å². The number of nitrogens with zero attached hydrogens (tertiary/aromatic N) is 1. The molecule has 2 heteroatoms. The summed E-state index contributed by atoms with van der Waals surface area (Å²) in [5.41, 5.74) is 12.4. The Hall–Kier alpha value is -6.12. The largest absolute Gasteiger partial charge is 0.355 e. The lowest BCUT2D eigenvalue weighted by Gasteiger charge is -2.26. The third kappa shape index (κ3) is 6.52. The van der Waals surface area contributed by atoms with Crippen LogP contribution in [0.2, 0.25) is 0 Å². The average Bonchev–Trinajstić information content (AvgIpc) is 3.14. The first-order valence-electron chi connectivity index (χ1n) is 15.6. The van der Waals surface area contributed by atoms with Crippen LogP contribution in [-0.4, -0.2) is 0 Å². The van der Waals surface area contributed by atoms with Crippen molar-refractivity contribution in [3.05, 3.63) is 211 Å². The molecule has 220 valence electrons. The maximum atomic E-state index is 3.68. The van der Waals surface area contributed by atoms with Crippen molar-refractivity contribution in [3.63, 3.8) is 0 Å². The summed E-state index contributed by atoms with van der Waals surface area (Å²) in [5.74, 6) is 0. The van der Waals surface area contributed by atoms with Gasteiger partial charge in [0, 0.05) is 34.0 Å². The van der Waals surface area contributed by atoms with E-state index in [4.69, 9.17) is 0 Å². The molecule has 0 bridgehead atoms. The van der Waals surface area contributed by atoms with Crippen LogP contribution in [0.3, 0.4) is 0 Å². The summed E-state index contributed by atoms with van der Waals surface area (Å²) in [5, 5.41) is 3.68. The van der Waals surface area contributed by atoms with E-state index in [0.717, 1.165) is 45.1 Å². The second-order valence-electron chi connectivity index (χ2n) is 11.1. The molecule has 0 radical (unpaired) electrons. The first-order valence-corrected chi connectivity index (χ1v) is 15.6. The lowest BCUT2D eigenvalue weighted by Crippen LogP contribution is -2.10. The van der Waals surface area contributed by atoms with E-state index in [9.17, 15) is 0 Å². The minimum absolute atomic E-state index is 1.05. The van der Waals surface area contributed by atoms with Crippen molar-refractivity contribution in [3.8, 4) is 11.1 Å². The molecule has 1 N–H and O–H groups in total. The molecule has 0 aliphatic carbocycles. The summed E-state index contributed by atoms with van der Waals surface area (Å²) >= 11 is 0. The molecule has 0 saturated carbocycles. The lowest BCUT2D eigenvalue weighted by molar-refractivity contribution is 1.28. The summed E-state index contributed by atoms with van der Waals surface area (Å²) < 4.78 is 0. The number of anilines is 5. The summed E-state index contributed by atoms with van der Waals surface area (Å²) in [7, 11) is 0. The zero-order valence-electron chi connectivity index (χ0n) is 25.5. The van der Waals surface area contributed by atoms with E-state index in [1.54, 1.807) is 0 Å². The molecule has 0 heterocycles. The van der Waals surface area contributed by atoms with Crippen molar-refractivity contribution in [2.75, 3.05) is 10.2 Å². The zero-order chi connectivity index (χ0) is 31.0. The Labute approximate surface area is 271 Å². The van der Waals surface area contributed by atoms with Crippen molar-refractivity contribution in [2.45, 2.75) is 0 Å². The van der Waals surface area contributed by atoms with Gasteiger partial charge in [0.15, 0.2) is 0 Å². The predicted octanol–water partition coefficient (Wildman–Crippen LogP) is 12.2. The molecule has 0 saturated heterocycles. The van der Waals surface area contributed by atoms with Gasteiger partial charge in [0.25, 0.3) is 0 Å². The number of nitrogens with one attached hydrogen (secondary N) is 1. The van der Waals surface area contributed by atoms with Crippen LogP contribution in [0.4, 0.5) is 28.4 Å². The van der Waals surface area contributed by atoms with E-state index < -0.39 is 0 Å². The van der Waals surface area contributed by atoms with E-state index in [1.807, 2.05) is 6.07 Å². The third-order valence-electron chi connectivity index (χ3n) is 8.05. The van der Waals surface area contributed by atoms with E-state index in [0.29, 0.717) is 0 Å². The molecular formula is C44H34N2. The number of hydrogen-bond donors (Lipinski definition) is 1. The molecule has 7 aromatic rings. The molecule has 7 rings (SSSR count). The van der Waals surface area contributed by atoms with Crippen LogP contribution in [-0.2, 0) is 0 Å². The van der Waals surface area contributed by atoms with Crippen molar-refractivity contribution in [1.82, 2.24) is 0 Å². The van der Waals surface area contributed by atoms with Gasteiger partial charge in [-0.25, -0.2) is 0 Å². The van der Waals surface area contributed by atoms with Gasteiger partial charge in [0.05, 0.1) is 0 Å². The fraction of sp³-hybridized carbons (Fsp3) is 0. The Bertz CT molecular complexity index is 1940. The van der Waals surface area contributed by atoms with Gasteiger partial charge in [-0.05, 0) is 88.5 Å². The van der Waals surface area contributed by atoms with Crippen LogP contribution in [0.5, 0.6) is 0 Å². The molecule has 0 atom stereocenters. The van der Waals surface area contributed by atoms with Gasteiger partial charge >= 0.3 is 0 Å².